The van der Waals surface area contributed by atoms with Gasteiger partial charge in [0.1, 0.15) is 5.82 Å². The number of benzene rings is 1. The predicted octanol–water partition coefficient (Wildman–Crippen LogP) is 3.44. The summed E-state index contributed by atoms with van der Waals surface area (Å²) in [5, 5.41) is 3.81. The van der Waals surface area contributed by atoms with Crippen molar-refractivity contribution in [1.29, 1.82) is 0 Å². The standard InChI is InChI=1S/C15H22ClFN2/c1-4-12-9-19(15(2,3)10-18-12)8-11-6-5-7-13(17)14(11)16/h5-7,12,18H,4,8-10H2,1-3H3. The Morgan fingerprint density at radius 1 is 1.47 bits per heavy atom. The van der Waals surface area contributed by atoms with E-state index in [1.54, 1.807) is 6.07 Å². The van der Waals surface area contributed by atoms with Crippen LogP contribution in [0.2, 0.25) is 5.02 Å². The summed E-state index contributed by atoms with van der Waals surface area (Å²) in [6.45, 7) is 9.21. The van der Waals surface area contributed by atoms with Gasteiger partial charge in [-0.25, -0.2) is 4.39 Å². The summed E-state index contributed by atoms with van der Waals surface area (Å²) in [6.07, 6.45) is 1.10. The molecule has 19 heavy (non-hydrogen) atoms. The fraction of sp³-hybridized carbons (Fsp3) is 0.600. The highest BCUT2D eigenvalue weighted by Crippen LogP contribution is 2.26. The summed E-state index contributed by atoms with van der Waals surface area (Å²) < 4.78 is 13.5. The molecular weight excluding hydrogens is 263 g/mol. The number of nitrogens with one attached hydrogen (secondary N) is 1. The number of rotatable bonds is 3. The molecule has 1 fully saturated rings. The quantitative estimate of drug-likeness (QED) is 0.915. The SMILES string of the molecule is CCC1CN(Cc2cccc(F)c2Cl)C(C)(C)CN1. The molecule has 106 valence electrons. The summed E-state index contributed by atoms with van der Waals surface area (Å²) in [5.41, 5.74) is 0.924. The molecule has 0 bridgehead atoms. The Morgan fingerprint density at radius 3 is 2.89 bits per heavy atom. The Balaban J connectivity index is 2.17. The lowest BCUT2D eigenvalue weighted by Crippen LogP contribution is -2.61. The molecule has 1 saturated heterocycles. The molecule has 1 unspecified atom stereocenters. The topological polar surface area (TPSA) is 15.3 Å². The van der Waals surface area contributed by atoms with Crippen LogP contribution in [-0.2, 0) is 6.54 Å². The molecule has 2 rings (SSSR count). The zero-order valence-corrected chi connectivity index (χ0v) is 12.6. The highest BCUT2D eigenvalue weighted by molar-refractivity contribution is 6.31. The monoisotopic (exact) mass is 284 g/mol. The molecule has 0 amide bonds. The van der Waals surface area contributed by atoms with Crippen molar-refractivity contribution in [3.63, 3.8) is 0 Å². The van der Waals surface area contributed by atoms with E-state index in [1.165, 1.54) is 6.07 Å². The molecule has 1 aromatic rings. The van der Waals surface area contributed by atoms with Gasteiger partial charge in [-0.3, -0.25) is 4.90 Å². The molecule has 1 N–H and O–H groups in total. The molecule has 0 saturated carbocycles. The van der Waals surface area contributed by atoms with Crippen LogP contribution in [0.25, 0.3) is 0 Å². The summed E-state index contributed by atoms with van der Waals surface area (Å²) >= 11 is 6.06. The highest BCUT2D eigenvalue weighted by Gasteiger charge is 2.33. The van der Waals surface area contributed by atoms with E-state index in [2.05, 4.69) is 31.0 Å². The van der Waals surface area contributed by atoms with E-state index in [1.807, 2.05) is 6.07 Å². The molecule has 1 aromatic carbocycles. The smallest absolute Gasteiger partial charge is 0.142 e. The Bertz CT molecular complexity index is 448. The first-order valence-corrected chi connectivity index (χ1v) is 7.23. The van der Waals surface area contributed by atoms with Gasteiger partial charge in [0.2, 0.25) is 0 Å². The average molecular weight is 285 g/mol. The molecule has 1 atom stereocenters. The van der Waals surface area contributed by atoms with E-state index in [4.69, 9.17) is 11.6 Å². The first kappa shape index (κ1) is 14.8. The molecule has 2 nitrogen and oxygen atoms in total. The van der Waals surface area contributed by atoms with Gasteiger partial charge in [0, 0.05) is 31.2 Å². The zero-order valence-electron chi connectivity index (χ0n) is 11.8. The van der Waals surface area contributed by atoms with Crippen LogP contribution < -0.4 is 5.32 Å². The Morgan fingerprint density at radius 2 is 2.21 bits per heavy atom. The molecule has 1 heterocycles. The third-order valence-corrected chi connectivity index (χ3v) is 4.43. The fourth-order valence-electron chi connectivity index (χ4n) is 2.51. The van der Waals surface area contributed by atoms with E-state index in [0.717, 1.165) is 25.1 Å². The molecule has 0 aliphatic carbocycles. The first-order chi connectivity index (χ1) is 8.94. The number of piperazine rings is 1. The maximum Gasteiger partial charge on any atom is 0.142 e. The maximum absolute atomic E-state index is 13.5. The van der Waals surface area contributed by atoms with E-state index >= 15 is 0 Å². The van der Waals surface area contributed by atoms with Gasteiger partial charge < -0.3 is 5.32 Å². The largest absolute Gasteiger partial charge is 0.311 e. The van der Waals surface area contributed by atoms with Crippen LogP contribution in [0.4, 0.5) is 4.39 Å². The van der Waals surface area contributed by atoms with Gasteiger partial charge in [0.05, 0.1) is 5.02 Å². The first-order valence-electron chi connectivity index (χ1n) is 6.85. The summed E-state index contributed by atoms with van der Waals surface area (Å²) in [4.78, 5) is 2.39. The van der Waals surface area contributed by atoms with Crippen molar-refractivity contribution < 1.29 is 4.39 Å². The van der Waals surface area contributed by atoms with Gasteiger partial charge in [0.15, 0.2) is 0 Å². The average Bonchev–Trinajstić information content (AvgIpc) is 2.37. The van der Waals surface area contributed by atoms with E-state index in [-0.39, 0.29) is 16.4 Å². The third kappa shape index (κ3) is 3.28. The third-order valence-electron chi connectivity index (χ3n) is 4.01. The minimum absolute atomic E-state index is 0.0569. The lowest BCUT2D eigenvalue weighted by Gasteiger charge is -2.46. The molecule has 1 aliphatic rings. The van der Waals surface area contributed by atoms with Crippen LogP contribution in [0.5, 0.6) is 0 Å². The summed E-state index contributed by atoms with van der Waals surface area (Å²) in [6, 6.07) is 5.54. The van der Waals surface area contributed by atoms with Crippen LogP contribution in [0.3, 0.4) is 0 Å². The summed E-state index contributed by atoms with van der Waals surface area (Å²) in [7, 11) is 0. The van der Waals surface area contributed by atoms with Gasteiger partial charge >= 0.3 is 0 Å². The van der Waals surface area contributed by atoms with Crippen molar-refractivity contribution in [2.24, 2.45) is 0 Å². The maximum atomic E-state index is 13.5. The fourth-order valence-corrected chi connectivity index (χ4v) is 2.70. The number of nitrogens with zero attached hydrogens (tertiary/aromatic N) is 1. The van der Waals surface area contributed by atoms with Crippen molar-refractivity contribution >= 4 is 11.6 Å². The number of halogens is 2. The van der Waals surface area contributed by atoms with E-state index in [0.29, 0.717) is 12.6 Å². The van der Waals surface area contributed by atoms with Crippen LogP contribution in [-0.4, -0.2) is 29.6 Å². The predicted molar refractivity (Wildman–Crippen MR) is 78.0 cm³/mol. The van der Waals surface area contributed by atoms with Gasteiger partial charge in [0.25, 0.3) is 0 Å². The second-order valence-corrected chi connectivity index (χ2v) is 6.27. The van der Waals surface area contributed by atoms with Gasteiger partial charge in [-0.15, -0.1) is 0 Å². The van der Waals surface area contributed by atoms with Crippen molar-refractivity contribution in [3.05, 3.63) is 34.6 Å². The van der Waals surface area contributed by atoms with Gasteiger partial charge in [-0.2, -0.15) is 0 Å². The minimum atomic E-state index is -0.334. The van der Waals surface area contributed by atoms with Crippen LogP contribution in [0.15, 0.2) is 18.2 Å². The van der Waals surface area contributed by atoms with E-state index in [9.17, 15) is 4.39 Å². The van der Waals surface area contributed by atoms with Crippen LogP contribution in [0, 0.1) is 5.82 Å². The molecular formula is C15H22ClFN2. The summed E-state index contributed by atoms with van der Waals surface area (Å²) in [5.74, 6) is -0.334. The number of hydrogen-bond donors (Lipinski definition) is 1. The van der Waals surface area contributed by atoms with E-state index < -0.39 is 0 Å². The minimum Gasteiger partial charge on any atom is -0.311 e. The zero-order chi connectivity index (χ0) is 14.0. The van der Waals surface area contributed by atoms with Crippen LogP contribution >= 0.6 is 11.6 Å². The van der Waals surface area contributed by atoms with Gasteiger partial charge in [-0.05, 0) is 31.9 Å². The molecule has 0 aromatic heterocycles. The second-order valence-electron chi connectivity index (χ2n) is 5.89. The lowest BCUT2D eigenvalue weighted by atomic mass is 9.95. The molecule has 0 radical (unpaired) electrons. The van der Waals surface area contributed by atoms with Crippen molar-refractivity contribution in [2.75, 3.05) is 13.1 Å². The van der Waals surface area contributed by atoms with Crippen molar-refractivity contribution in [1.82, 2.24) is 10.2 Å². The lowest BCUT2D eigenvalue weighted by molar-refractivity contribution is 0.0576. The number of hydrogen-bond acceptors (Lipinski definition) is 2. The normalized spacial score (nSPS) is 23.5. The molecule has 1 aliphatic heterocycles. The van der Waals surface area contributed by atoms with Crippen molar-refractivity contribution in [2.45, 2.75) is 45.3 Å². The Labute approximate surface area is 119 Å². The molecule has 4 heteroatoms. The second kappa shape index (κ2) is 5.78. The van der Waals surface area contributed by atoms with Gasteiger partial charge in [-0.1, -0.05) is 30.7 Å². The Hall–Kier alpha value is -0.640. The highest BCUT2D eigenvalue weighted by atomic mass is 35.5. The van der Waals surface area contributed by atoms with Crippen LogP contribution in [0.1, 0.15) is 32.8 Å². The van der Waals surface area contributed by atoms with Crippen molar-refractivity contribution in [3.8, 4) is 0 Å². The molecule has 0 spiro atoms. The Kier molecular flexibility index (Phi) is 4.49.